The van der Waals surface area contributed by atoms with E-state index in [1.807, 2.05) is 30.3 Å². The Morgan fingerprint density at radius 3 is 2.25 bits per heavy atom. The van der Waals surface area contributed by atoms with Crippen molar-refractivity contribution in [2.45, 2.75) is 13.5 Å². The number of nitrogens with one attached hydrogen (secondary N) is 1. The zero-order valence-electron chi connectivity index (χ0n) is 11.1. The third-order valence-corrected chi connectivity index (χ3v) is 2.67. The minimum atomic E-state index is -0.383. The molecular formula is C16H15NO3. The summed E-state index contributed by atoms with van der Waals surface area (Å²) in [6, 6.07) is 16.1. The summed E-state index contributed by atoms with van der Waals surface area (Å²) in [5.74, 6) is -0.119. The van der Waals surface area contributed by atoms with Crippen LogP contribution in [0.3, 0.4) is 0 Å². The molecule has 0 aliphatic carbocycles. The van der Waals surface area contributed by atoms with Crippen LogP contribution in [-0.4, -0.2) is 11.9 Å². The highest BCUT2D eigenvalue weighted by Crippen LogP contribution is 2.12. The Bertz CT molecular complexity index is 591. The van der Waals surface area contributed by atoms with Gasteiger partial charge in [-0.15, -0.1) is 0 Å². The fourth-order valence-electron chi connectivity index (χ4n) is 1.72. The average molecular weight is 269 g/mol. The lowest BCUT2D eigenvalue weighted by Crippen LogP contribution is -2.22. The second kappa shape index (κ2) is 6.52. The van der Waals surface area contributed by atoms with Gasteiger partial charge < -0.3 is 10.1 Å². The maximum absolute atomic E-state index is 11.9. The van der Waals surface area contributed by atoms with Crippen molar-refractivity contribution in [2.75, 3.05) is 0 Å². The summed E-state index contributed by atoms with van der Waals surface area (Å²) >= 11 is 0. The summed E-state index contributed by atoms with van der Waals surface area (Å²) in [6.07, 6.45) is 0. The van der Waals surface area contributed by atoms with Crippen LogP contribution in [0.25, 0.3) is 0 Å². The highest BCUT2D eigenvalue weighted by Gasteiger charge is 2.06. The van der Waals surface area contributed by atoms with E-state index in [9.17, 15) is 9.59 Å². The van der Waals surface area contributed by atoms with Gasteiger partial charge >= 0.3 is 5.97 Å². The van der Waals surface area contributed by atoms with Crippen LogP contribution in [0.15, 0.2) is 54.6 Å². The van der Waals surface area contributed by atoms with Crippen LogP contribution >= 0.6 is 0 Å². The first kappa shape index (κ1) is 13.8. The van der Waals surface area contributed by atoms with Gasteiger partial charge in [-0.05, 0) is 29.8 Å². The number of ether oxygens (including phenoxy) is 1. The minimum Gasteiger partial charge on any atom is -0.427 e. The first-order valence-corrected chi connectivity index (χ1v) is 6.26. The molecule has 0 spiro atoms. The summed E-state index contributed by atoms with van der Waals surface area (Å²) in [5.41, 5.74) is 1.56. The van der Waals surface area contributed by atoms with Gasteiger partial charge in [-0.3, -0.25) is 9.59 Å². The number of esters is 1. The Kier molecular flexibility index (Phi) is 4.50. The largest absolute Gasteiger partial charge is 0.427 e. The lowest BCUT2D eigenvalue weighted by molar-refractivity contribution is -0.131. The molecule has 0 aliphatic rings. The summed E-state index contributed by atoms with van der Waals surface area (Å²) in [7, 11) is 0. The van der Waals surface area contributed by atoms with Crippen molar-refractivity contribution in [2.24, 2.45) is 0 Å². The molecule has 0 heterocycles. The van der Waals surface area contributed by atoms with Crippen molar-refractivity contribution >= 4 is 11.9 Å². The highest BCUT2D eigenvalue weighted by atomic mass is 16.5. The van der Waals surface area contributed by atoms with Crippen LogP contribution in [0.5, 0.6) is 5.75 Å². The molecule has 2 aromatic rings. The van der Waals surface area contributed by atoms with E-state index in [1.54, 1.807) is 24.3 Å². The standard InChI is InChI=1S/C16H15NO3/c1-12(18)20-15-9-7-14(8-10-15)16(19)17-11-13-5-3-2-4-6-13/h2-10H,11H2,1H3,(H,17,19). The number of carbonyl (C=O) groups excluding carboxylic acids is 2. The van der Waals surface area contributed by atoms with Gasteiger partial charge in [0, 0.05) is 19.0 Å². The summed E-state index contributed by atoms with van der Waals surface area (Å²) in [5, 5.41) is 2.83. The molecule has 102 valence electrons. The van der Waals surface area contributed by atoms with Crippen LogP contribution in [-0.2, 0) is 11.3 Å². The molecule has 0 saturated heterocycles. The van der Waals surface area contributed by atoms with Crippen molar-refractivity contribution in [1.82, 2.24) is 5.32 Å². The highest BCUT2D eigenvalue weighted by molar-refractivity contribution is 5.94. The van der Waals surface area contributed by atoms with Gasteiger partial charge in [-0.25, -0.2) is 0 Å². The fourth-order valence-corrected chi connectivity index (χ4v) is 1.72. The van der Waals surface area contributed by atoms with Gasteiger partial charge in [-0.2, -0.15) is 0 Å². The predicted octanol–water partition coefficient (Wildman–Crippen LogP) is 2.54. The van der Waals surface area contributed by atoms with Gasteiger partial charge in [0.15, 0.2) is 0 Å². The molecule has 0 saturated carbocycles. The smallest absolute Gasteiger partial charge is 0.308 e. The van der Waals surface area contributed by atoms with Gasteiger partial charge in [0.2, 0.25) is 0 Å². The molecule has 0 bridgehead atoms. The van der Waals surface area contributed by atoms with Crippen LogP contribution < -0.4 is 10.1 Å². The molecule has 0 aromatic heterocycles. The number of hydrogen-bond acceptors (Lipinski definition) is 3. The number of hydrogen-bond donors (Lipinski definition) is 1. The van der Waals surface area contributed by atoms with Gasteiger partial charge in [0.1, 0.15) is 5.75 Å². The van der Waals surface area contributed by atoms with Gasteiger partial charge in [0.05, 0.1) is 0 Å². The van der Waals surface area contributed by atoms with E-state index in [0.717, 1.165) is 5.56 Å². The number of amides is 1. The maximum Gasteiger partial charge on any atom is 0.308 e. The first-order valence-electron chi connectivity index (χ1n) is 6.26. The van der Waals surface area contributed by atoms with E-state index < -0.39 is 0 Å². The third-order valence-electron chi connectivity index (χ3n) is 2.67. The van der Waals surface area contributed by atoms with E-state index in [-0.39, 0.29) is 11.9 Å². The van der Waals surface area contributed by atoms with Crippen LogP contribution in [0.2, 0.25) is 0 Å². The lowest BCUT2D eigenvalue weighted by Gasteiger charge is -2.06. The van der Waals surface area contributed by atoms with Crippen molar-refractivity contribution in [3.8, 4) is 5.75 Å². The Hall–Kier alpha value is -2.62. The van der Waals surface area contributed by atoms with E-state index in [0.29, 0.717) is 17.9 Å². The lowest BCUT2D eigenvalue weighted by atomic mass is 10.2. The van der Waals surface area contributed by atoms with E-state index >= 15 is 0 Å². The van der Waals surface area contributed by atoms with Gasteiger partial charge in [-0.1, -0.05) is 30.3 Å². The van der Waals surface area contributed by atoms with Crippen molar-refractivity contribution in [1.29, 1.82) is 0 Å². The molecule has 4 nitrogen and oxygen atoms in total. The summed E-state index contributed by atoms with van der Waals surface area (Å²) < 4.78 is 4.91. The second-order valence-corrected chi connectivity index (χ2v) is 4.29. The van der Waals surface area contributed by atoms with E-state index in [4.69, 9.17) is 4.74 Å². The Balaban J connectivity index is 1.94. The van der Waals surface area contributed by atoms with Crippen molar-refractivity contribution < 1.29 is 14.3 Å². The zero-order chi connectivity index (χ0) is 14.4. The van der Waals surface area contributed by atoms with Crippen molar-refractivity contribution in [3.05, 3.63) is 65.7 Å². The Labute approximate surface area is 117 Å². The van der Waals surface area contributed by atoms with E-state index in [1.165, 1.54) is 6.92 Å². The Morgan fingerprint density at radius 1 is 1.00 bits per heavy atom. The zero-order valence-corrected chi connectivity index (χ0v) is 11.1. The molecule has 4 heteroatoms. The van der Waals surface area contributed by atoms with Crippen LogP contribution in [0, 0.1) is 0 Å². The Morgan fingerprint density at radius 2 is 1.65 bits per heavy atom. The number of carbonyl (C=O) groups is 2. The molecule has 1 N–H and O–H groups in total. The van der Waals surface area contributed by atoms with Crippen LogP contribution in [0.1, 0.15) is 22.8 Å². The monoisotopic (exact) mass is 269 g/mol. The molecule has 0 radical (unpaired) electrons. The molecule has 20 heavy (non-hydrogen) atoms. The molecule has 0 aliphatic heterocycles. The van der Waals surface area contributed by atoms with E-state index in [2.05, 4.69) is 5.32 Å². The molecule has 2 rings (SSSR count). The molecule has 0 unspecified atom stereocenters. The van der Waals surface area contributed by atoms with Crippen molar-refractivity contribution in [3.63, 3.8) is 0 Å². The molecule has 2 aromatic carbocycles. The second-order valence-electron chi connectivity index (χ2n) is 4.29. The summed E-state index contributed by atoms with van der Waals surface area (Å²) in [4.78, 5) is 22.7. The quantitative estimate of drug-likeness (QED) is 0.685. The third kappa shape index (κ3) is 3.95. The topological polar surface area (TPSA) is 55.4 Å². The average Bonchev–Trinajstić information content (AvgIpc) is 2.46. The fraction of sp³-hybridized carbons (Fsp3) is 0.125. The van der Waals surface area contributed by atoms with Gasteiger partial charge in [0.25, 0.3) is 5.91 Å². The minimum absolute atomic E-state index is 0.164. The number of benzene rings is 2. The number of rotatable bonds is 4. The molecule has 1 amide bonds. The summed E-state index contributed by atoms with van der Waals surface area (Å²) in [6.45, 7) is 1.81. The first-order chi connectivity index (χ1) is 9.65. The molecule has 0 fully saturated rings. The normalized spacial score (nSPS) is 9.85. The SMILES string of the molecule is CC(=O)Oc1ccc(C(=O)NCc2ccccc2)cc1. The molecular weight excluding hydrogens is 254 g/mol. The predicted molar refractivity (Wildman–Crippen MR) is 75.4 cm³/mol. The maximum atomic E-state index is 11.9. The van der Waals surface area contributed by atoms with Crippen LogP contribution in [0.4, 0.5) is 0 Å². The molecule has 0 atom stereocenters.